The third-order valence-electron chi connectivity index (χ3n) is 6.67. The molecule has 180 valence electrons. The zero-order valence-electron chi connectivity index (χ0n) is 20.0. The normalized spacial score (nSPS) is 17.1. The molecular formula is C31H24N4O2. The Kier molecular flexibility index (Phi) is 6.00. The molecule has 0 spiro atoms. The van der Waals surface area contributed by atoms with Gasteiger partial charge in [-0.25, -0.2) is 0 Å². The van der Waals surface area contributed by atoms with E-state index in [2.05, 4.69) is 46.7 Å². The van der Waals surface area contributed by atoms with Crippen molar-refractivity contribution in [2.24, 2.45) is 0 Å². The lowest BCUT2D eigenvalue weighted by molar-refractivity contribution is -0.104. The van der Waals surface area contributed by atoms with Crippen LogP contribution in [0.1, 0.15) is 28.4 Å². The zero-order valence-corrected chi connectivity index (χ0v) is 20.0. The number of ether oxygens (including phenoxy) is 1. The van der Waals surface area contributed by atoms with Crippen molar-refractivity contribution in [2.45, 2.75) is 17.7 Å². The molecule has 6 nitrogen and oxygen atoms in total. The average molecular weight is 485 g/mol. The number of benzene rings is 4. The fourth-order valence-corrected chi connectivity index (χ4v) is 4.90. The van der Waals surface area contributed by atoms with Gasteiger partial charge in [-0.1, -0.05) is 109 Å². The number of epoxide rings is 1. The summed E-state index contributed by atoms with van der Waals surface area (Å²) in [5, 5.41) is 14.1. The van der Waals surface area contributed by atoms with Crippen LogP contribution >= 0.6 is 0 Å². The standard InChI is InChI=1S/C31H24N4O2/c36-21-11-20-28-29(37-28)23-12-10-13-24(22-23)30-32-34-35(33-30)31(25-14-4-1-5-15-25,26-16-6-2-7-17-26)27-18-8-3-9-19-27/h1-22,28-29H. The van der Waals surface area contributed by atoms with Crippen LogP contribution in [0.3, 0.4) is 0 Å². The first-order valence-electron chi connectivity index (χ1n) is 12.2. The van der Waals surface area contributed by atoms with Crippen molar-refractivity contribution in [1.29, 1.82) is 0 Å². The molecule has 0 saturated carbocycles. The highest BCUT2D eigenvalue weighted by Crippen LogP contribution is 2.41. The summed E-state index contributed by atoms with van der Waals surface area (Å²) in [7, 11) is 0. The molecule has 2 heterocycles. The molecule has 0 aliphatic carbocycles. The van der Waals surface area contributed by atoms with Crippen LogP contribution in [0.5, 0.6) is 0 Å². The fourth-order valence-electron chi connectivity index (χ4n) is 4.90. The third kappa shape index (κ3) is 4.17. The van der Waals surface area contributed by atoms with Crippen molar-refractivity contribution in [3.05, 3.63) is 150 Å². The molecule has 0 bridgehead atoms. The number of aromatic nitrogens is 4. The van der Waals surface area contributed by atoms with E-state index in [1.54, 1.807) is 10.9 Å². The maximum atomic E-state index is 10.6. The minimum Gasteiger partial charge on any atom is -0.360 e. The van der Waals surface area contributed by atoms with Crippen molar-refractivity contribution in [3.63, 3.8) is 0 Å². The second-order valence-electron chi connectivity index (χ2n) is 8.88. The van der Waals surface area contributed by atoms with Crippen LogP contribution < -0.4 is 0 Å². The van der Waals surface area contributed by atoms with Crippen LogP contribution in [0.15, 0.2) is 127 Å². The molecule has 5 aromatic rings. The van der Waals surface area contributed by atoms with Crippen molar-refractivity contribution in [1.82, 2.24) is 20.2 Å². The smallest absolute Gasteiger partial charge is 0.204 e. The number of hydrogen-bond acceptors (Lipinski definition) is 5. The summed E-state index contributed by atoms with van der Waals surface area (Å²) in [6, 6.07) is 38.8. The molecule has 1 fully saturated rings. The first kappa shape index (κ1) is 22.8. The number of rotatable bonds is 8. The van der Waals surface area contributed by atoms with E-state index in [1.807, 2.05) is 78.9 Å². The van der Waals surface area contributed by atoms with Crippen molar-refractivity contribution < 1.29 is 9.53 Å². The molecule has 1 saturated heterocycles. The van der Waals surface area contributed by atoms with Crippen molar-refractivity contribution >= 4 is 6.29 Å². The van der Waals surface area contributed by atoms with Gasteiger partial charge in [0.1, 0.15) is 18.5 Å². The molecule has 1 aliphatic heterocycles. The van der Waals surface area contributed by atoms with Crippen LogP contribution in [0.4, 0.5) is 0 Å². The topological polar surface area (TPSA) is 73.2 Å². The molecule has 1 aromatic heterocycles. The van der Waals surface area contributed by atoms with Gasteiger partial charge in [-0.15, -0.1) is 15.0 Å². The van der Waals surface area contributed by atoms with Crippen LogP contribution in [-0.2, 0) is 15.1 Å². The van der Waals surface area contributed by atoms with E-state index in [4.69, 9.17) is 9.84 Å². The third-order valence-corrected chi connectivity index (χ3v) is 6.67. The number of allylic oxidation sites excluding steroid dienone is 1. The summed E-state index contributed by atoms with van der Waals surface area (Å²) >= 11 is 0. The van der Waals surface area contributed by atoms with Crippen LogP contribution in [-0.4, -0.2) is 32.6 Å². The molecule has 0 N–H and O–H groups in total. The zero-order chi connectivity index (χ0) is 25.1. The summed E-state index contributed by atoms with van der Waals surface area (Å²) < 4.78 is 5.72. The average Bonchev–Trinajstić information content (AvgIpc) is 3.59. The van der Waals surface area contributed by atoms with Crippen LogP contribution in [0.2, 0.25) is 0 Å². The van der Waals surface area contributed by atoms with Crippen molar-refractivity contribution in [2.75, 3.05) is 0 Å². The van der Waals surface area contributed by atoms with Gasteiger partial charge in [-0.05, 0) is 45.7 Å². The molecule has 37 heavy (non-hydrogen) atoms. The Morgan fingerprint density at radius 1 is 0.757 bits per heavy atom. The molecule has 1 aliphatic rings. The number of aldehydes is 1. The monoisotopic (exact) mass is 484 g/mol. The van der Waals surface area contributed by atoms with Gasteiger partial charge in [-0.3, -0.25) is 4.79 Å². The number of hydrogen-bond donors (Lipinski definition) is 0. The summed E-state index contributed by atoms with van der Waals surface area (Å²) in [5.41, 5.74) is 4.12. The summed E-state index contributed by atoms with van der Waals surface area (Å²) in [5.74, 6) is 0.523. The number of tetrazole rings is 1. The maximum absolute atomic E-state index is 10.6. The molecule has 2 atom stereocenters. The van der Waals surface area contributed by atoms with E-state index in [9.17, 15) is 4.79 Å². The van der Waals surface area contributed by atoms with E-state index >= 15 is 0 Å². The van der Waals surface area contributed by atoms with Gasteiger partial charge in [0, 0.05) is 5.56 Å². The van der Waals surface area contributed by atoms with E-state index in [0.29, 0.717) is 5.82 Å². The molecular weight excluding hydrogens is 460 g/mol. The maximum Gasteiger partial charge on any atom is 0.204 e. The fraction of sp³-hybridized carbons (Fsp3) is 0.0968. The van der Waals surface area contributed by atoms with Gasteiger partial charge in [-0.2, -0.15) is 0 Å². The second-order valence-corrected chi connectivity index (χ2v) is 8.88. The largest absolute Gasteiger partial charge is 0.360 e. The number of carbonyl (C=O) groups excluding carboxylic acids is 1. The Morgan fingerprint density at radius 3 is 1.92 bits per heavy atom. The lowest BCUT2D eigenvalue weighted by Gasteiger charge is -2.34. The van der Waals surface area contributed by atoms with Gasteiger partial charge in [0.05, 0.1) is 0 Å². The predicted molar refractivity (Wildman–Crippen MR) is 141 cm³/mol. The minimum atomic E-state index is -0.822. The van der Waals surface area contributed by atoms with E-state index in [0.717, 1.165) is 34.1 Å². The number of carbonyl (C=O) groups is 1. The summed E-state index contributed by atoms with van der Waals surface area (Å²) in [4.78, 5) is 12.4. The van der Waals surface area contributed by atoms with Crippen LogP contribution in [0.25, 0.3) is 11.4 Å². The van der Waals surface area contributed by atoms with E-state index in [-0.39, 0.29) is 12.2 Å². The summed E-state index contributed by atoms with van der Waals surface area (Å²) in [6.07, 6.45) is 3.83. The van der Waals surface area contributed by atoms with Crippen LogP contribution in [0, 0.1) is 0 Å². The molecule has 4 aromatic carbocycles. The minimum absolute atomic E-state index is 0.0803. The Balaban J connectivity index is 1.48. The lowest BCUT2D eigenvalue weighted by Crippen LogP contribution is -2.39. The number of nitrogens with zero attached hydrogens (tertiary/aromatic N) is 4. The highest BCUT2D eigenvalue weighted by molar-refractivity contribution is 5.65. The SMILES string of the molecule is O=CC=CC1OC1c1cccc(-c2nnn(C(c3ccccc3)(c3ccccc3)c3ccccc3)n2)c1. The second kappa shape index (κ2) is 9.76. The molecule has 0 amide bonds. The first-order valence-corrected chi connectivity index (χ1v) is 12.2. The van der Waals surface area contributed by atoms with Gasteiger partial charge in [0.25, 0.3) is 0 Å². The van der Waals surface area contributed by atoms with Gasteiger partial charge in [0.15, 0.2) is 5.54 Å². The Hall–Kier alpha value is -4.68. The van der Waals surface area contributed by atoms with Crippen molar-refractivity contribution in [3.8, 4) is 11.4 Å². The molecule has 2 unspecified atom stereocenters. The first-order chi connectivity index (χ1) is 18.3. The highest BCUT2D eigenvalue weighted by atomic mass is 16.6. The lowest BCUT2D eigenvalue weighted by atomic mass is 9.77. The highest BCUT2D eigenvalue weighted by Gasteiger charge is 2.41. The molecule has 0 radical (unpaired) electrons. The van der Waals surface area contributed by atoms with Gasteiger partial charge < -0.3 is 4.74 Å². The quantitative estimate of drug-likeness (QED) is 0.128. The van der Waals surface area contributed by atoms with E-state index in [1.165, 1.54) is 6.08 Å². The molecule has 6 rings (SSSR count). The predicted octanol–water partition coefficient (Wildman–Crippen LogP) is 5.38. The van der Waals surface area contributed by atoms with E-state index < -0.39 is 5.54 Å². The van der Waals surface area contributed by atoms with Gasteiger partial charge >= 0.3 is 0 Å². The summed E-state index contributed by atoms with van der Waals surface area (Å²) in [6.45, 7) is 0. The molecule has 6 heteroatoms. The van der Waals surface area contributed by atoms with Gasteiger partial charge in [0.2, 0.25) is 5.82 Å². The Labute approximate surface area is 214 Å². The Morgan fingerprint density at radius 2 is 1.35 bits per heavy atom. The Bertz CT molecular complexity index is 1430.